The molecule has 0 radical (unpaired) electrons. The van der Waals surface area contributed by atoms with Crippen molar-refractivity contribution in [3.8, 4) is 17.6 Å². The van der Waals surface area contributed by atoms with Gasteiger partial charge in [0.15, 0.2) is 16.5 Å². The number of nitrogens with zero attached hydrogens (tertiary/aromatic N) is 3. The SMILES string of the molecule is CCOc1cc(/C=c2\sc3nc4ccccc4n3c2=O)ccc1OCc1ccccc1C#N. The lowest BCUT2D eigenvalue weighted by atomic mass is 10.1. The summed E-state index contributed by atoms with van der Waals surface area (Å²) in [5.74, 6) is 1.16. The summed E-state index contributed by atoms with van der Waals surface area (Å²) in [6.07, 6.45) is 1.84. The van der Waals surface area contributed by atoms with Gasteiger partial charge in [-0.2, -0.15) is 5.26 Å². The summed E-state index contributed by atoms with van der Waals surface area (Å²) in [6, 6.07) is 22.7. The molecule has 0 bridgehead atoms. The van der Waals surface area contributed by atoms with Crippen LogP contribution in [0.5, 0.6) is 11.5 Å². The molecule has 2 heterocycles. The average molecular weight is 454 g/mol. The number of fused-ring (bicyclic) bond motifs is 3. The van der Waals surface area contributed by atoms with Crippen molar-refractivity contribution in [2.45, 2.75) is 13.5 Å². The number of thiazole rings is 1. The molecular weight excluding hydrogens is 434 g/mol. The predicted molar refractivity (Wildman–Crippen MR) is 129 cm³/mol. The van der Waals surface area contributed by atoms with E-state index in [1.165, 1.54) is 11.3 Å². The van der Waals surface area contributed by atoms with Crippen LogP contribution in [-0.2, 0) is 6.61 Å². The van der Waals surface area contributed by atoms with Crippen LogP contribution in [0.1, 0.15) is 23.6 Å². The van der Waals surface area contributed by atoms with Gasteiger partial charge in [-0.1, -0.05) is 47.7 Å². The molecule has 0 N–H and O–H groups in total. The maximum Gasteiger partial charge on any atom is 0.274 e. The summed E-state index contributed by atoms with van der Waals surface area (Å²) in [7, 11) is 0. The first kappa shape index (κ1) is 20.7. The minimum absolute atomic E-state index is 0.0879. The van der Waals surface area contributed by atoms with Gasteiger partial charge in [0.2, 0.25) is 0 Å². The minimum atomic E-state index is -0.0879. The third-order valence-corrected chi connectivity index (χ3v) is 6.20. The quantitative estimate of drug-likeness (QED) is 0.383. The summed E-state index contributed by atoms with van der Waals surface area (Å²) in [5, 5.41) is 9.28. The first-order chi connectivity index (χ1) is 16.2. The zero-order valence-electron chi connectivity index (χ0n) is 17.8. The lowest BCUT2D eigenvalue weighted by Gasteiger charge is -2.13. The van der Waals surface area contributed by atoms with Crippen molar-refractivity contribution >= 4 is 33.4 Å². The standard InChI is InChI=1S/C26H19N3O3S/c1-2-31-23-13-17(11-12-22(23)32-16-19-8-4-3-7-18(19)15-27)14-24-25(30)29-21-10-6-5-9-20(21)28-26(29)33-24/h3-14H,2,16H2,1H3/b24-14-. The van der Waals surface area contributed by atoms with Gasteiger partial charge >= 0.3 is 0 Å². The number of aromatic nitrogens is 2. The van der Waals surface area contributed by atoms with Gasteiger partial charge in [-0.15, -0.1) is 0 Å². The molecule has 6 nitrogen and oxygen atoms in total. The Kier molecular flexibility index (Phi) is 5.51. The number of hydrogen-bond acceptors (Lipinski definition) is 6. The number of imidazole rings is 1. The van der Waals surface area contributed by atoms with Gasteiger partial charge in [-0.25, -0.2) is 9.38 Å². The summed E-state index contributed by atoms with van der Waals surface area (Å²) in [4.78, 5) is 18.3. The Balaban J connectivity index is 1.49. The fraction of sp³-hybridized carbons (Fsp3) is 0.115. The molecule has 0 fully saturated rings. The summed E-state index contributed by atoms with van der Waals surface area (Å²) in [5.41, 5.74) is 3.75. The van der Waals surface area contributed by atoms with Crippen molar-refractivity contribution in [2.24, 2.45) is 0 Å². The van der Waals surface area contributed by atoms with Crippen molar-refractivity contribution in [2.75, 3.05) is 6.61 Å². The first-order valence-electron chi connectivity index (χ1n) is 10.5. The van der Waals surface area contributed by atoms with Crippen molar-refractivity contribution in [1.29, 1.82) is 5.26 Å². The Bertz CT molecular complexity index is 1630. The maximum absolute atomic E-state index is 13.0. The van der Waals surface area contributed by atoms with Gasteiger partial charge in [0.1, 0.15) is 6.61 Å². The van der Waals surface area contributed by atoms with Gasteiger partial charge < -0.3 is 9.47 Å². The number of nitriles is 1. The Labute approximate surface area is 193 Å². The molecule has 0 saturated heterocycles. The van der Waals surface area contributed by atoms with Gasteiger partial charge in [0.25, 0.3) is 5.56 Å². The zero-order chi connectivity index (χ0) is 22.8. The highest BCUT2D eigenvalue weighted by Gasteiger charge is 2.12. The molecule has 2 aromatic heterocycles. The van der Waals surface area contributed by atoms with E-state index in [9.17, 15) is 10.1 Å². The second-order valence-corrected chi connectivity index (χ2v) is 8.34. The normalized spacial score (nSPS) is 11.7. The maximum atomic E-state index is 13.0. The first-order valence-corrected chi connectivity index (χ1v) is 11.3. The van der Waals surface area contributed by atoms with E-state index in [-0.39, 0.29) is 12.2 Å². The van der Waals surface area contributed by atoms with Crippen LogP contribution in [0, 0.1) is 11.3 Å². The van der Waals surface area contributed by atoms with Crippen LogP contribution < -0.4 is 19.6 Å². The second kappa shape index (κ2) is 8.77. The van der Waals surface area contributed by atoms with E-state index < -0.39 is 0 Å². The highest BCUT2D eigenvalue weighted by atomic mass is 32.1. The molecule has 0 amide bonds. The molecule has 0 atom stereocenters. The molecule has 0 aliphatic carbocycles. The van der Waals surface area contributed by atoms with E-state index in [2.05, 4.69) is 11.1 Å². The van der Waals surface area contributed by atoms with E-state index in [0.29, 0.717) is 33.2 Å². The molecular formula is C26H19N3O3S. The molecule has 3 aromatic carbocycles. The van der Waals surface area contributed by atoms with Crippen LogP contribution in [0.3, 0.4) is 0 Å². The van der Waals surface area contributed by atoms with Gasteiger partial charge in [-0.05, 0) is 48.9 Å². The van der Waals surface area contributed by atoms with Crippen LogP contribution in [0.2, 0.25) is 0 Å². The predicted octanol–water partition coefficient (Wildman–Crippen LogP) is 4.31. The molecule has 5 rings (SSSR count). The third kappa shape index (κ3) is 3.93. The molecule has 0 aliphatic heterocycles. The van der Waals surface area contributed by atoms with Crippen molar-refractivity contribution in [1.82, 2.24) is 9.38 Å². The molecule has 0 spiro atoms. The Morgan fingerprint density at radius 2 is 1.88 bits per heavy atom. The fourth-order valence-corrected chi connectivity index (χ4v) is 4.66. The Morgan fingerprint density at radius 1 is 1.06 bits per heavy atom. The van der Waals surface area contributed by atoms with Crippen LogP contribution in [-0.4, -0.2) is 16.0 Å². The highest BCUT2D eigenvalue weighted by molar-refractivity contribution is 7.15. The molecule has 5 aromatic rings. The third-order valence-electron chi connectivity index (χ3n) is 5.23. The lowest BCUT2D eigenvalue weighted by molar-refractivity contribution is 0.269. The highest BCUT2D eigenvalue weighted by Crippen LogP contribution is 2.30. The summed E-state index contributed by atoms with van der Waals surface area (Å²) < 4.78 is 14.0. The minimum Gasteiger partial charge on any atom is -0.490 e. The number of hydrogen-bond donors (Lipinski definition) is 0. The monoisotopic (exact) mass is 453 g/mol. The van der Waals surface area contributed by atoms with Crippen LogP contribution >= 0.6 is 11.3 Å². The Hall–Kier alpha value is -4.15. The van der Waals surface area contributed by atoms with Crippen molar-refractivity contribution in [3.05, 3.63) is 98.3 Å². The zero-order valence-corrected chi connectivity index (χ0v) is 18.6. The number of benzene rings is 3. The molecule has 162 valence electrons. The Morgan fingerprint density at radius 3 is 2.73 bits per heavy atom. The smallest absolute Gasteiger partial charge is 0.274 e. The van der Waals surface area contributed by atoms with E-state index in [1.807, 2.05) is 73.7 Å². The molecule has 0 saturated carbocycles. The van der Waals surface area contributed by atoms with Gasteiger partial charge in [-0.3, -0.25) is 4.79 Å². The topological polar surface area (TPSA) is 76.6 Å². The van der Waals surface area contributed by atoms with Gasteiger partial charge in [0.05, 0.1) is 33.8 Å². The molecule has 33 heavy (non-hydrogen) atoms. The largest absolute Gasteiger partial charge is 0.490 e. The number of rotatable bonds is 6. The van der Waals surface area contributed by atoms with Crippen LogP contribution in [0.25, 0.3) is 22.1 Å². The van der Waals surface area contributed by atoms with Crippen LogP contribution in [0.15, 0.2) is 71.5 Å². The molecule has 0 unspecified atom stereocenters. The average Bonchev–Trinajstić information content (AvgIpc) is 3.35. The fourth-order valence-electron chi connectivity index (χ4n) is 3.68. The van der Waals surface area contributed by atoms with E-state index >= 15 is 0 Å². The van der Waals surface area contributed by atoms with E-state index in [1.54, 1.807) is 10.5 Å². The summed E-state index contributed by atoms with van der Waals surface area (Å²) >= 11 is 1.36. The van der Waals surface area contributed by atoms with E-state index in [4.69, 9.17) is 9.47 Å². The van der Waals surface area contributed by atoms with Crippen molar-refractivity contribution in [3.63, 3.8) is 0 Å². The lowest BCUT2D eigenvalue weighted by Crippen LogP contribution is -2.22. The summed E-state index contributed by atoms with van der Waals surface area (Å²) in [6.45, 7) is 2.63. The van der Waals surface area contributed by atoms with E-state index in [0.717, 1.165) is 22.2 Å². The second-order valence-electron chi connectivity index (χ2n) is 7.33. The van der Waals surface area contributed by atoms with Gasteiger partial charge in [0, 0.05) is 5.56 Å². The number of ether oxygens (including phenoxy) is 2. The van der Waals surface area contributed by atoms with Crippen molar-refractivity contribution < 1.29 is 9.47 Å². The molecule has 7 heteroatoms. The number of para-hydroxylation sites is 2. The van der Waals surface area contributed by atoms with Crippen LogP contribution in [0.4, 0.5) is 0 Å². The molecule has 0 aliphatic rings.